The summed E-state index contributed by atoms with van der Waals surface area (Å²) in [6.45, 7) is 6.21. The van der Waals surface area contributed by atoms with Gasteiger partial charge in [0, 0.05) is 11.5 Å². The quantitative estimate of drug-likeness (QED) is 0.356. The summed E-state index contributed by atoms with van der Waals surface area (Å²) < 4.78 is 4.83. The summed E-state index contributed by atoms with van der Waals surface area (Å²) >= 11 is 0. The number of carbonyl (C=O) groups is 1. The van der Waals surface area contributed by atoms with Gasteiger partial charge in [0.1, 0.15) is 5.60 Å². The molecule has 0 spiro atoms. The second-order valence-electron chi connectivity index (χ2n) is 6.51. The molecule has 0 amide bonds. The van der Waals surface area contributed by atoms with Crippen LogP contribution in [0.4, 0.5) is 0 Å². The standard InChI is InChI=1S/C19H25NO3/c1-14-10-12-16(13-11-14)19(2,3)23-20-17(18(21)22-4)15-8-6-5-7-9-15/h5-10,16H,11-13H2,1-4H3/b20-17-. The molecule has 0 aliphatic heterocycles. The third-order valence-corrected chi connectivity index (χ3v) is 4.42. The minimum Gasteiger partial charge on any atom is -0.464 e. The lowest BCUT2D eigenvalue weighted by molar-refractivity contribution is -0.133. The fourth-order valence-corrected chi connectivity index (χ4v) is 2.74. The summed E-state index contributed by atoms with van der Waals surface area (Å²) in [6, 6.07) is 9.23. The lowest BCUT2D eigenvalue weighted by Crippen LogP contribution is -2.34. The van der Waals surface area contributed by atoms with Gasteiger partial charge in [-0.15, -0.1) is 0 Å². The number of carbonyl (C=O) groups excluding carboxylic acids is 1. The molecule has 1 atom stereocenters. The SMILES string of the molecule is COC(=O)/C(=N\OC(C)(C)C1CC=C(C)CC1)c1ccccc1. The monoisotopic (exact) mass is 315 g/mol. The molecule has 124 valence electrons. The number of nitrogens with zero attached hydrogens (tertiary/aromatic N) is 1. The summed E-state index contributed by atoms with van der Waals surface area (Å²) in [5.74, 6) is -0.115. The van der Waals surface area contributed by atoms with E-state index in [9.17, 15) is 4.79 Å². The maximum absolute atomic E-state index is 12.0. The summed E-state index contributed by atoms with van der Waals surface area (Å²) in [7, 11) is 1.35. The van der Waals surface area contributed by atoms with Crippen LogP contribution in [0.15, 0.2) is 47.1 Å². The van der Waals surface area contributed by atoms with Crippen molar-refractivity contribution in [3.8, 4) is 0 Å². The first kappa shape index (κ1) is 17.3. The van der Waals surface area contributed by atoms with E-state index in [1.807, 2.05) is 44.2 Å². The number of benzene rings is 1. The van der Waals surface area contributed by atoms with Gasteiger partial charge in [-0.1, -0.05) is 47.1 Å². The van der Waals surface area contributed by atoms with Gasteiger partial charge >= 0.3 is 5.97 Å². The van der Waals surface area contributed by atoms with E-state index in [0.29, 0.717) is 11.5 Å². The van der Waals surface area contributed by atoms with Gasteiger partial charge in [-0.05, 0) is 40.0 Å². The Kier molecular flexibility index (Phi) is 5.59. The molecular weight excluding hydrogens is 290 g/mol. The topological polar surface area (TPSA) is 47.9 Å². The summed E-state index contributed by atoms with van der Waals surface area (Å²) in [5.41, 5.74) is 1.88. The molecule has 0 fully saturated rings. The van der Waals surface area contributed by atoms with E-state index in [4.69, 9.17) is 9.57 Å². The van der Waals surface area contributed by atoms with Crippen LogP contribution >= 0.6 is 0 Å². The number of ether oxygens (including phenoxy) is 1. The Bertz CT molecular complexity index is 602. The van der Waals surface area contributed by atoms with Gasteiger partial charge in [-0.25, -0.2) is 4.79 Å². The van der Waals surface area contributed by atoms with Crippen molar-refractivity contribution in [3.05, 3.63) is 47.5 Å². The number of hydrogen-bond acceptors (Lipinski definition) is 4. The summed E-state index contributed by atoms with van der Waals surface area (Å²) in [6.07, 6.45) is 5.40. The molecule has 1 aliphatic carbocycles. The number of esters is 1. The highest BCUT2D eigenvalue weighted by Crippen LogP contribution is 2.34. The lowest BCUT2D eigenvalue weighted by atomic mass is 9.80. The van der Waals surface area contributed by atoms with Crippen LogP contribution < -0.4 is 0 Å². The molecule has 1 aromatic rings. The summed E-state index contributed by atoms with van der Waals surface area (Å²) in [5, 5.41) is 4.15. The van der Waals surface area contributed by atoms with Crippen LogP contribution in [0.5, 0.6) is 0 Å². The molecule has 1 unspecified atom stereocenters. The van der Waals surface area contributed by atoms with Crippen molar-refractivity contribution < 1.29 is 14.4 Å². The molecule has 0 saturated heterocycles. The molecule has 0 aromatic heterocycles. The average Bonchev–Trinajstić information content (AvgIpc) is 2.56. The number of rotatable bonds is 5. The molecule has 1 aliphatic rings. The van der Waals surface area contributed by atoms with E-state index in [0.717, 1.165) is 19.3 Å². The fourth-order valence-electron chi connectivity index (χ4n) is 2.74. The van der Waals surface area contributed by atoms with E-state index in [1.54, 1.807) is 0 Å². The zero-order valence-corrected chi connectivity index (χ0v) is 14.3. The van der Waals surface area contributed by atoms with E-state index >= 15 is 0 Å². The maximum Gasteiger partial charge on any atom is 0.360 e. The predicted octanol–water partition coefficient (Wildman–Crippen LogP) is 4.11. The first-order chi connectivity index (χ1) is 10.9. The van der Waals surface area contributed by atoms with Crippen LogP contribution in [0.2, 0.25) is 0 Å². The van der Waals surface area contributed by atoms with Gasteiger partial charge in [0.15, 0.2) is 5.71 Å². The van der Waals surface area contributed by atoms with Gasteiger partial charge in [-0.2, -0.15) is 0 Å². The molecule has 23 heavy (non-hydrogen) atoms. The van der Waals surface area contributed by atoms with Crippen LogP contribution in [0.1, 0.15) is 45.6 Å². The Hall–Kier alpha value is -2.10. The lowest BCUT2D eigenvalue weighted by Gasteiger charge is -2.34. The van der Waals surface area contributed by atoms with Crippen molar-refractivity contribution in [3.63, 3.8) is 0 Å². The first-order valence-electron chi connectivity index (χ1n) is 7.99. The molecule has 0 N–H and O–H groups in total. The molecule has 0 heterocycles. The normalized spacial score (nSPS) is 19.0. The second-order valence-corrected chi connectivity index (χ2v) is 6.51. The number of methoxy groups -OCH3 is 1. The molecule has 0 saturated carbocycles. The highest BCUT2D eigenvalue weighted by Gasteiger charge is 2.33. The van der Waals surface area contributed by atoms with Crippen LogP contribution in [0, 0.1) is 5.92 Å². The molecular formula is C19H25NO3. The number of hydrogen-bond donors (Lipinski definition) is 0. The van der Waals surface area contributed by atoms with Crippen LogP contribution in [0.3, 0.4) is 0 Å². The third kappa shape index (κ3) is 4.44. The Morgan fingerprint density at radius 2 is 1.96 bits per heavy atom. The zero-order chi connectivity index (χ0) is 16.9. The van der Waals surface area contributed by atoms with Gasteiger partial charge in [0.05, 0.1) is 7.11 Å². The van der Waals surface area contributed by atoms with Crippen LogP contribution in [-0.2, 0) is 14.4 Å². The largest absolute Gasteiger partial charge is 0.464 e. The average molecular weight is 315 g/mol. The Morgan fingerprint density at radius 3 is 2.52 bits per heavy atom. The van der Waals surface area contributed by atoms with Crippen molar-refractivity contribution >= 4 is 11.7 Å². The van der Waals surface area contributed by atoms with Crippen molar-refractivity contribution in [1.29, 1.82) is 0 Å². The fraction of sp³-hybridized carbons (Fsp3) is 0.474. The molecule has 0 radical (unpaired) electrons. The van der Waals surface area contributed by atoms with Gasteiger partial charge < -0.3 is 9.57 Å². The molecule has 0 bridgehead atoms. The van der Waals surface area contributed by atoms with Gasteiger partial charge in [0.25, 0.3) is 0 Å². The molecule has 4 heteroatoms. The Balaban J connectivity index is 2.18. The van der Waals surface area contributed by atoms with Crippen LogP contribution in [0.25, 0.3) is 0 Å². The van der Waals surface area contributed by atoms with E-state index < -0.39 is 11.6 Å². The number of oxime groups is 1. The van der Waals surface area contributed by atoms with E-state index in [-0.39, 0.29) is 5.71 Å². The zero-order valence-electron chi connectivity index (χ0n) is 14.3. The van der Waals surface area contributed by atoms with E-state index in [2.05, 4.69) is 18.2 Å². The molecule has 4 nitrogen and oxygen atoms in total. The van der Waals surface area contributed by atoms with Crippen molar-refractivity contribution in [2.75, 3.05) is 7.11 Å². The Morgan fingerprint density at radius 1 is 1.26 bits per heavy atom. The Labute approximate surface area is 138 Å². The second kappa shape index (κ2) is 7.44. The summed E-state index contributed by atoms with van der Waals surface area (Å²) in [4.78, 5) is 17.8. The smallest absolute Gasteiger partial charge is 0.360 e. The van der Waals surface area contributed by atoms with Crippen molar-refractivity contribution in [2.24, 2.45) is 11.1 Å². The predicted molar refractivity (Wildman–Crippen MR) is 91.3 cm³/mol. The van der Waals surface area contributed by atoms with Crippen molar-refractivity contribution in [1.82, 2.24) is 0 Å². The number of allylic oxidation sites excluding steroid dienone is 2. The maximum atomic E-state index is 12.0. The minimum absolute atomic E-state index is 0.198. The van der Waals surface area contributed by atoms with E-state index in [1.165, 1.54) is 12.7 Å². The van der Waals surface area contributed by atoms with Crippen LogP contribution in [-0.4, -0.2) is 24.4 Å². The van der Waals surface area contributed by atoms with Gasteiger partial charge in [0.2, 0.25) is 0 Å². The molecule has 2 rings (SSSR count). The van der Waals surface area contributed by atoms with Gasteiger partial charge in [-0.3, -0.25) is 0 Å². The minimum atomic E-state index is -0.494. The first-order valence-corrected chi connectivity index (χ1v) is 7.99. The molecule has 1 aromatic carbocycles. The highest BCUT2D eigenvalue weighted by atomic mass is 16.7. The van der Waals surface area contributed by atoms with Crippen molar-refractivity contribution in [2.45, 2.75) is 45.6 Å². The highest BCUT2D eigenvalue weighted by molar-refractivity contribution is 6.43. The third-order valence-electron chi connectivity index (χ3n) is 4.42.